The molecular weight excluding hydrogens is 330 g/mol. The molecule has 4 aliphatic rings. The smallest absolute Gasteiger partial charge is 0.224 e. The van der Waals surface area contributed by atoms with E-state index in [1.807, 2.05) is 19.1 Å². The van der Waals surface area contributed by atoms with Crippen LogP contribution in [0, 0.1) is 17.3 Å². The Balaban J connectivity index is 1.44. The van der Waals surface area contributed by atoms with Crippen molar-refractivity contribution in [3.05, 3.63) is 18.2 Å². The van der Waals surface area contributed by atoms with Gasteiger partial charge in [-0.15, -0.1) is 0 Å². The van der Waals surface area contributed by atoms with Crippen LogP contribution < -0.4 is 14.8 Å². The Morgan fingerprint density at radius 1 is 1.23 bits per heavy atom. The van der Waals surface area contributed by atoms with Crippen LogP contribution in [-0.4, -0.2) is 30.3 Å². The molecule has 1 amide bonds. The number of carbonyl (C=O) groups excluding carboxylic acids is 1. The fourth-order valence-electron chi connectivity index (χ4n) is 6.17. The maximum atomic E-state index is 12.7. The Hall–Kier alpha value is -1.75. The van der Waals surface area contributed by atoms with Gasteiger partial charge in [0, 0.05) is 18.2 Å². The summed E-state index contributed by atoms with van der Waals surface area (Å²) in [6, 6.07) is 5.47. The molecule has 0 aromatic heterocycles. The normalized spacial score (nSPS) is 34.6. The van der Waals surface area contributed by atoms with Gasteiger partial charge in [-0.1, -0.05) is 0 Å². The Morgan fingerprint density at radius 3 is 2.58 bits per heavy atom. The molecule has 1 aromatic carbocycles. The van der Waals surface area contributed by atoms with Crippen LogP contribution >= 0.6 is 0 Å². The second kappa shape index (κ2) is 6.45. The number of benzene rings is 1. The molecule has 5 heteroatoms. The van der Waals surface area contributed by atoms with Crippen molar-refractivity contribution in [2.75, 3.05) is 19.0 Å². The summed E-state index contributed by atoms with van der Waals surface area (Å²) >= 11 is 0. The van der Waals surface area contributed by atoms with Gasteiger partial charge >= 0.3 is 0 Å². The van der Waals surface area contributed by atoms with Gasteiger partial charge in [0.15, 0.2) is 11.5 Å². The minimum atomic E-state index is -0.521. The number of anilines is 1. The quantitative estimate of drug-likeness (QED) is 0.812. The number of nitrogens with one attached hydrogen (secondary N) is 1. The number of ether oxygens (including phenoxy) is 2. The molecule has 2 N–H and O–H groups in total. The Labute approximate surface area is 155 Å². The summed E-state index contributed by atoms with van der Waals surface area (Å²) in [7, 11) is 1.60. The molecule has 0 heterocycles. The van der Waals surface area contributed by atoms with Crippen molar-refractivity contribution in [2.24, 2.45) is 17.3 Å². The average Bonchev–Trinajstić information content (AvgIpc) is 2.53. The first-order valence-electron chi connectivity index (χ1n) is 9.76. The summed E-state index contributed by atoms with van der Waals surface area (Å²) in [6.45, 7) is 2.49. The van der Waals surface area contributed by atoms with E-state index < -0.39 is 5.60 Å². The predicted octanol–water partition coefficient (Wildman–Crippen LogP) is 3.75. The minimum Gasteiger partial charge on any atom is -0.493 e. The molecule has 2 unspecified atom stereocenters. The maximum absolute atomic E-state index is 12.7. The molecule has 5 rings (SSSR count). The first-order chi connectivity index (χ1) is 12.4. The summed E-state index contributed by atoms with van der Waals surface area (Å²) in [5, 5.41) is 13.9. The topological polar surface area (TPSA) is 67.8 Å². The highest BCUT2D eigenvalue weighted by molar-refractivity contribution is 5.91. The number of hydrogen-bond donors (Lipinski definition) is 2. The van der Waals surface area contributed by atoms with Crippen molar-refractivity contribution >= 4 is 11.6 Å². The van der Waals surface area contributed by atoms with Gasteiger partial charge in [-0.3, -0.25) is 4.79 Å². The SMILES string of the molecule is CCOc1ccc(NC(=O)CC23CC4CC(CC(O)(C4)C2)C3)cc1OC. The zero-order valence-electron chi connectivity index (χ0n) is 15.7. The van der Waals surface area contributed by atoms with E-state index in [1.54, 1.807) is 13.2 Å². The van der Waals surface area contributed by atoms with Crippen LogP contribution in [0.15, 0.2) is 18.2 Å². The number of hydrogen-bond acceptors (Lipinski definition) is 4. The summed E-state index contributed by atoms with van der Waals surface area (Å²) in [4.78, 5) is 12.7. The molecule has 0 saturated heterocycles. The Kier molecular flexibility index (Phi) is 4.38. The highest BCUT2D eigenvalue weighted by Gasteiger charge is 2.57. The molecule has 0 spiro atoms. The van der Waals surface area contributed by atoms with E-state index in [2.05, 4.69) is 5.32 Å². The van der Waals surface area contributed by atoms with E-state index in [0.717, 1.165) is 37.8 Å². The van der Waals surface area contributed by atoms with Crippen LogP contribution in [0.5, 0.6) is 11.5 Å². The van der Waals surface area contributed by atoms with Crippen molar-refractivity contribution in [3.8, 4) is 11.5 Å². The van der Waals surface area contributed by atoms with Crippen LogP contribution in [0.4, 0.5) is 5.69 Å². The van der Waals surface area contributed by atoms with Crippen molar-refractivity contribution in [1.82, 2.24) is 0 Å². The Bertz CT molecular complexity index is 687. The zero-order valence-corrected chi connectivity index (χ0v) is 15.7. The third kappa shape index (κ3) is 3.29. The van der Waals surface area contributed by atoms with E-state index in [-0.39, 0.29) is 11.3 Å². The number of rotatable bonds is 6. The summed E-state index contributed by atoms with van der Waals surface area (Å²) in [5.41, 5.74) is 0.184. The van der Waals surface area contributed by atoms with Gasteiger partial charge < -0.3 is 19.9 Å². The highest BCUT2D eigenvalue weighted by Crippen LogP contribution is 2.62. The van der Waals surface area contributed by atoms with Crippen LogP contribution in [-0.2, 0) is 4.79 Å². The fraction of sp³-hybridized carbons (Fsp3) is 0.667. The fourth-order valence-corrected chi connectivity index (χ4v) is 6.17. The van der Waals surface area contributed by atoms with Gasteiger partial charge in [0.2, 0.25) is 5.91 Å². The number of aliphatic hydroxyl groups is 1. The standard InChI is InChI=1S/C21H29NO4/c1-3-26-17-5-4-16(7-18(17)25-2)22-19(23)12-20-8-14-6-15(9-20)11-21(24,10-14)13-20/h4-5,7,14-15,24H,3,6,8-13H2,1-2H3,(H,22,23). The third-order valence-corrected chi connectivity index (χ3v) is 6.43. The molecular formula is C21H29NO4. The maximum Gasteiger partial charge on any atom is 0.224 e. The van der Waals surface area contributed by atoms with Crippen molar-refractivity contribution < 1.29 is 19.4 Å². The van der Waals surface area contributed by atoms with Gasteiger partial charge in [-0.2, -0.15) is 0 Å². The lowest BCUT2D eigenvalue weighted by Crippen LogP contribution is -2.56. The molecule has 1 aromatic rings. The van der Waals surface area contributed by atoms with Crippen LogP contribution in [0.1, 0.15) is 51.9 Å². The van der Waals surface area contributed by atoms with Gasteiger partial charge in [0.25, 0.3) is 0 Å². The lowest BCUT2D eigenvalue weighted by molar-refractivity contribution is -0.167. The van der Waals surface area contributed by atoms with Gasteiger partial charge in [0.05, 0.1) is 19.3 Å². The molecule has 2 atom stereocenters. The number of amides is 1. The van der Waals surface area contributed by atoms with E-state index in [4.69, 9.17) is 9.47 Å². The average molecular weight is 359 g/mol. The molecule has 4 saturated carbocycles. The minimum absolute atomic E-state index is 0.0156. The highest BCUT2D eigenvalue weighted by atomic mass is 16.5. The molecule has 4 fully saturated rings. The lowest BCUT2D eigenvalue weighted by Gasteiger charge is -2.60. The summed E-state index contributed by atoms with van der Waals surface area (Å²) in [5.74, 6) is 2.52. The molecule has 26 heavy (non-hydrogen) atoms. The van der Waals surface area contributed by atoms with Gasteiger partial charge in [0.1, 0.15) is 0 Å². The van der Waals surface area contributed by atoms with E-state index in [0.29, 0.717) is 36.4 Å². The lowest BCUT2D eigenvalue weighted by atomic mass is 9.47. The molecule has 5 nitrogen and oxygen atoms in total. The molecule has 142 valence electrons. The van der Waals surface area contributed by atoms with Crippen LogP contribution in [0.25, 0.3) is 0 Å². The van der Waals surface area contributed by atoms with E-state index >= 15 is 0 Å². The van der Waals surface area contributed by atoms with Crippen molar-refractivity contribution in [1.29, 1.82) is 0 Å². The molecule has 4 bridgehead atoms. The largest absolute Gasteiger partial charge is 0.493 e. The van der Waals surface area contributed by atoms with Crippen molar-refractivity contribution in [2.45, 2.75) is 57.5 Å². The Morgan fingerprint density at radius 2 is 1.96 bits per heavy atom. The van der Waals surface area contributed by atoms with E-state index in [9.17, 15) is 9.90 Å². The monoisotopic (exact) mass is 359 g/mol. The second-order valence-corrected chi connectivity index (χ2v) is 8.71. The third-order valence-electron chi connectivity index (χ3n) is 6.43. The molecule has 0 radical (unpaired) electrons. The van der Waals surface area contributed by atoms with Crippen LogP contribution in [0.3, 0.4) is 0 Å². The van der Waals surface area contributed by atoms with Crippen LogP contribution in [0.2, 0.25) is 0 Å². The van der Waals surface area contributed by atoms with Crippen molar-refractivity contribution in [3.63, 3.8) is 0 Å². The first-order valence-corrected chi connectivity index (χ1v) is 9.76. The summed E-state index contributed by atoms with van der Waals surface area (Å²) < 4.78 is 10.9. The van der Waals surface area contributed by atoms with E-state index in [1.165, 1.54) is 6.42 Å². The predicted molar refractivity (Wildman–Crippen MR) is 99.5 cm³/mol. The zero-order chi connectivity index (χ0) is 18.4. The second-order valence-electron chi connectivity index (χ2n) is 8.71. The van der Waals surface area contributed by atoms with Gasteiger partial charge in [-0.25, -0.2) is 0 Å². The number of methoxy groups -OCH3 is 1. The summed E-state index contributed by atoms with van der Waals surface area (Å²) in [6.07, 6.45) is 6.57. The molecule has 4 aliphatic carbocycles. The molecule has 0 aliphatic heterocycles. The first kappa shape index (κ1) is 17.7. The number of carbonyl (C=O) groups is 1. The van der Waals surface area contributed by atoms with Gasteiger partial charge in [-0.05, 0) is 74.8 Å².